The van der Waals surface area contributed by atoms with E-state index < -0.39 is 0 Å². The number of nitrogen functional groups attached to an aromatic ring is 1. The average molecular weight is 373 g/mol. The first-order chi connectivity index (χ1) is 13.7. The number of aromatic nitrogens is 7. The van der Waals surface area contributed by atoms with Crippen LogP contribution in [0.5, 0.6) is 0 Å². The highest BCUT2D eigenvalue weighted by Crippen LogP contribution is 2.27. The van der Waals surface area contributed by atoms with Gasteiger partial charge in [0.25, 0.3) is 0 Å². The summed E-state index contributed by atoms with van der Waals surface area (Å²) in [5.41, 5.74) is 8.12. The maximum Gasteiger partial charge on any atom is 0.242 e. The number of fused-ring (bicyclic) bond motifs is 1. The van der Waals surface area contributed by atoms with E-state index in [1.54, 1.807) is 17.8 Å². The van der Waals surface area contributed by atoms with Crippen LogP contribution in [0, 0.1) is 6.92 Å². The zero-order chi connectivity index (χ0) is 19.1. The molecule has 5 aromatic rings. The average Bonchev–Trinajstić information content (AvgIpc) is 3.40. The molecule has 0 aliphatic carbocycles. The maximum atomic E-state index is 5.83. The molecule has 0 bridgehead atoms. The van der Waals surface area contributed by atoms with Crippen molar-refractivity contribution in [3.8, 4) is 17.4 Å². The molecule has 0 spiro atoms. The Labute approximate surface area is 158 Å². The zero-order valence-corrected chi connectivity index (χ0v) is 14.8. The Kier molecular flexibility index (Phi) is 3.54. The van der Waals surface area contributed by atoms with E-state index in [2.05, 4.69) is 35.5 Å². The van der Waals surface area contributed by atoms with Gasteiger partial charge in [-0.05, 0) is 31.2 Å². The minimum absolute atomic E-state index is 0.146. The molecule has 0 aliphatic heterocycles. The molecule has 4 N–H and O–H groups in total. The van der Waals surface area contributed by atoms with Crippen LogP contribution in [0.1, 0.15) is 5.82 Å². The van der Waals surface area contributed by atoms with Gasteiger partial charge in [0.1, 0.15) is 17.3 Å². The number of anilines is 3. The smallest absolute Gasteiger partial charge is 0.242 e. The summed E-state index contributed by atoms with van der Waals surface area (Å²) in [4.78, 5) is 17.4. The van der Waals surface area contributed by atoms with Gasteiger partial charge in [0.15, 0.2) is 5.76 Å². The number of hydrogen-bond donors (Lipinski definition) is 3. The van der Waals surface area contributed by atoms with Crippen molar-refractivity contribution in [2.45, 2.75) is 6.92 Å². The molecule has 4 aromatic heterocycles. The molecule has 0 amide bonds. The molecule has 10 nitrogen and oxygen atoms in total. The lowest BCUT2D eigenvalue weighted by Crippen LogP contribution is -2.10. The first-order valence-electron chi connectivity index (χ1n) is 8.50. The summed E-state index contributed by atoms with van der Waals surface area (Å²) < 4.78 is 7.16. The summed E-state index contributed by atoms with van der Waals surface area (Å²) in [7, 11) is 0. The predicted molar refractivity (Wildman–Crippen MR) is 103 cm³/mol. The van der Waals surface area contributed by atoms with Gasteiger partial charge in [-0.2, -0.15) is 20.1 Å². The molecule has 28 heavy (non-hydrogen) atoms. The van der Waals surface area contributed by atoms with Crippen LogP contribution in [-0.2, 0) is 0 Å². The molecular formula is C18H15N9O. The Morgan fingerprint density at radius 2 is 1.96 bits per heavy atom. The van der Waals surface area contributed by atoms with Gasteiger partial charge in [-0.15, -0.1) is 0 Å². The molecule has 1 aromatic carbocycles. The van der Waals surface area contributed by atoms with Crippen LogP contribution in [0.15, 0.2) is 53.1 Å². The Morgan fingerprint density at radius 1 is 1.07 bits per heavy atom. The molecule has 0 saturated heterocycles. The Bertz CT molecular complexity index is 1250. The molecule has 0 atom stereocenters. The number of nitrogens with two attached hydrogens (primary N) is 1. The molecule has 0 fully saturated rings. The standard InChI is InChI=1S/C18H15N9O/c1-10-20-16(19)24-17(21-10)27-13-6-3-2-5-11(13)22-18(27)23-15-9-12(25-26-15)14-7-4-8-28-14/h2-9H,1H3,(H2,19,20,21,24)(H2,22,23,25,26). The second-order valence-electron chi connectivity index (χ2n) is 6.07. The van der Waals surface area contributed by atoms with Crippen molar-refractivity contribution < 1.29 is 4.42 Å². The molecule has 4 heterocycles. The van der Waals surface area contributed by atoms with Crippen molar-refractivity contribution >= 4 is 28.7 Å². The van der Waals surface area contributed by atoms with Gasteiger partial charge in [0.05, 0.1) is 17.3 Å². The summed E-state index contributed by atoms with van der Waals surface area (Å²) in [5, 5.41) is 10.4. The molecule has 0 radical (unpaired) electrons. The number of rotatable bonds is 4. The third kappa shape index (κ3) is 2.72. The number of nitrogens with zero attached hydrogens (tertiary/aromatic N) is 6. The summed E-state index contributed by atoms with van der Waals surface area (Å²) >= 11 is 0. The highest BCUT2D eigenvalue weighted by Gasteiger charge is 2.17. The van der Waals surface area contributed by atoms with Gasteiger partial charge >= 0.3 is 0 Å². The Balaban J connectivity index is 1.61. The highest BCUT2D eigenvalue weighted by molar-refractivity contribution is 5.81. The van der Waals surface area contributed by atoms with Crippen LogP contribution in [0.3, 0.4) is 0 Å². The molecule has 0 saturated carbocycles. The number of aryl methyl sites for hydroxylation is 1. The van der Waals surface area contributed by atoms with Crippen molar-refractivity contribution in [1.29, 1.82) is 0 Å². The van der Waals surface area contributed by atoms with Crippen LogP contribution in [-0.4, -0.2) is 34.7 Å². The number of para-hydroxylation sites is 2. The van der Waals surface area contributed by atoms with Gasteiger partial charge in [0, 0.05) is 6.07 Å². The van der Waals surface area contributed by atoms with E-state index in [1.165, 1.54) is 0 Å². The van der Waals surface area contributed by atoms with E-state index >= 15 is 0 Å². The molecular weight excluding hydrogens is 358 g/mol. The fourth-order valence-corrected chi connectivity index (χ4v) is 2.96. The minimum atomic E-state index is 0.146. The third-order valence-corrected chi connectivity index (χ3v) is 4.11. The predicted octanol–water partition coefficient (Wildman–Crippen LogP) is 2.83. The largest absolute Gasteiger partial charge is 0.463 e. The number of benzene rings is 1. The SMILES string of the molecule is Cc1nc(N)nc(-n2c(Nc3cc(-c4ccco4)n[nH]3)nc3ccccc32)n1. The van der Waals surface area contributed by atoms with E-state index in [4.69, 9.17) is 10.2 Å². The lowest BCUT2D eigenvalue weighted by Gasteiger charge is -2.09. The first kappa shape index (κ1) is 16.0. The second kappa shape index (κ2) is 6.20. The van der Waals surface area contributed by atoms with Gasteiger partial charge in [-0.25, -0.2) is 9.55 Å². The Hall–Kier alpha value is -4.21. The van der Waals surface area contributed by atoms with Gasteiger partial charge in [-0.1, -0.05) is 12.1 Å². The first-order valence-corrected chi connectivity index (χ1v) is 8.50. The van der Waals surface area contributed by atoms with Crippen LogP contribution in [0.25, 0.3) is 28.4 Å². The summed E-state index contributed by atoms with van der Waals surface area (Å²) in [5.74, 6) is 2.87. The lowest BCUT2D eigenvalue weighted by molar-refractivity contribution is 0.580. The summed E-state index contributed by atoms with van der Waals surface area (Å²) in [6, 6.07) is 13.2. The molecule has 10 heteroatoms. The Morgan fingerprint density at radius 3 is 2.79 bits per heavy atom. The van der Waals surface area contributed by atoms with Crippen LogP contribution in [0.2, 0.25) is 0 Å². The normalized spacial score (nSPS) is 11.2. The van der Waals surface area contributed by atoms with Crippen molar-refractivity contribution in [2.75, 3.05) is 11.1 Å². The summed E-state index contributed by atoms with van der Waals surface area (Å²) in [6.07, 6.45) is 1.60. The van der Waals surface area contributed by atoms with Crippen LogP contribution >= 0.6 is 0 Å². The number of imidazole rings is 1. The van der Waals surface area contributed by atoms with E-state index in [0.29, 0.717) is 35.0 Å². The number of H-pyrrole nitrogens is 1. The highest BCUT2D eigenvalue weighted by atomic mass is 16.3. The molecule has 0 aliphatic rings. The maximum absolute atomic E-state index is 5.83. The lowest BCUT2D eigenvalue weighted by atomic mass is 10.3. The number of furan rings is 1. The van der Waals surface area contributed by atoms with Gasteiger partial charge in [-0.3, -0.25) is 5.10 Å². The third-order valence-electron chi connectivity index (χ3n) is 4.11. The monoisotopic (exact) mass is 373 g/mol. The van der Waals surface area contributed by atoms with E-state index in [9.17, 15) is 0 Å². The molecule has 138 valence electrons. The zero-order valence-electron chi connectivity index (χ0n) is 14.8. The van der Waals surface area contributed by atoms with Crippen molar-refractivity contribution in [1.82, 2.24) is 34.7 Å². The van der Waals surface area contributed by atoms with E-state index in [-0.39, 0.29) is 5.95 Å². The number of nitrogens with one attached hydrogen (secondary N) is 2. The van der Waals surface area contributed by atoms with Crippen molar-refractivity contribution in [3.63, 3.8) is 0 Å². The van der Waals surface area contributed by atoms with Crippen molar-refractivity contribution in [3.05, 3.63) is 54.6 Å². The molecule has 0 unspecified atom stereocenters. The van der Waals surface area contributed by atoms with E-state index in [0.717, 1.165) is 11.0 Å². The fraction of sp³-hybridized carbons (Fsp3) is 0.0556. The summed E-state index contributed by atoms with van der Waals surface area (Å²) in [6.45, 7) is 1.76. The number of hydrogen-bond acceptors (Lipinski definition) is 8. The minimum Gasteiger partial charge on any atom is -0.463 e. The fourth-order valence-electron chi connectivity index (χ4n) is 2.96. The molecule has 5 rings (SSSR count). The van der Waals surface area contributed by atoms with Crippen molar-refractivity contribution in [2.24, 2.45) is 0 Å². The van der Waals surface area contributed by atoms with Gasteiger partial charge < -0.3 is 15.5 Å². The second-order valence-corrected chi connectivity index (χ2v) is 6.07. The van der Waals surface area contributed by atoms with Crippen LogP contribution in [0.4, 0.5) is 17.7 Å². The number of aromatic amines is 1. The van der Waals surface area contributed by atoms with E-state index in [1.807, 2.05) is 42.5 Å². The topological polar surface area (TPSA) is 136 Å². The van der Waals surface area contributed by atoms with Gasteiger partial charge in [0.2, 0.25) is 17.8 Å². The van der Waals surface area contributed by atoms with Crippen LogP contribution < -0.4 is 11.1 Å². The quantitative estimate of drug-likeness (QED) is 0.437.